The van der Waals surface area contributed by atoms with E-state index in [1.165, 1.54) is 54.0 Å². The van der Waals surface area contributed by atoms with Crippen LogP contribution in [0, 0.1) is 23.7 Å². The average molecular weight is 720 g/mol. The van der Waals surface area contributed by atoms with Gasteiger partial charge in [-0.25, -0.2) is 8.42 Å². The molecule has 0 saturated heterocycles. The van der Waals surface area contributed by atoms with E-state index in [9.17, 15) is 8.42 Å². The summed E-state index contributed by atoms with van der Waals surface area (Å²) in [6, 6.07) is 57.5. The van der Waals surface area contributed by atoms with Crippen LogP contribution in [0.3, 0.4) is 0 Å². The van der Waals surface area contributed by atoms with E-state index in [1.54, 1.807) is 0 Å². The molecule has 5 aliphatic rings. The smallest absolute Gasteiger partial charge is 0.207 e. The first-order valence-corrected chi connectivity index (χ1v) is 21.0. The molecule has 0 N–H and O–H groups in total. The normalized spacial score (nSPS) is 24.3. The van der Waals surface area contributed by atoms with E-state index < -0.39 is 9.84 Å². The third kappa shape index (κ3) is 4.75. The molecule has 4 saturated carbocycles. The number of anilines is 3. The Kier molecular flexibility index (Phi) is 7.13. The Morgan fingerprint density at radius 2 is 0.944 bits per heavy atom. The topological polar surface area (TPSA) is 37.4 Å². The molecule has 264 valence electrons. The molecule has 0 amide bonds. The van der Waals surface area contributed by atoms with Crippen LogP contribution in [0.25, 0.3) is 33.0 Å². The van der Waals surface area contributed by atoms with Crippen molar-refractivity contribution in [1.82, 2.24) is 0 Å². The maximum absolute atomic E-state index is 14.3. The van der Waals surface area contributed by atoms with Crippen LogP contribution in [0.5, 0.6) is 0 Å². The zero-order valence-electron chi connectivity index (χ0n) is 30.1. The Morgan fingerprint density at radius 3 is 1.63 bits per heavy atom. The van der Waals surface area contributed by atoms with Crippen LogP contribution in [0.2, 0.25) is 0 Å². The van der Waals surface area contributed by atoms with Crippen molar-refractivity contribution in [1.29, 1.82) is 0 Å². The first-order chi connectivity index (χ1) is 26.5. The minimum absolute atomic E-state index is 0.251. The molecule has 4 bridgehead atoms. The number of benzene rings is 7. The lowest BCUT2D eigenvalue weighted by Crippen LogP contribution is -2.57. The fourth-order valence-electron chi connectivity index (χ4n) is 11.4. The van der Waals surface area contributed by atoms with Gasteiger partial charge in [0.25, 0.3) is 0 Å². The van der Waals surface area contributed by atoms with Gasteiger partial charge in [-0.1, -0.05) is 109 Å². The van der Waals surface area contributed by atoms with Gasteiger partial charge in [-0.2, -0.15) is 0 Å². The van der Waals surface area contributed by atoms with Crippen molar-refractivity contribution in [3.63, 3.8) is 0 Å². The second kappa shape index (κ2) is 12.0. The van der Waals surface area contributed by atoms with Gasteiger partial charge in [-0.3, -0.25) is 0 Å². The lowest BCUT2D eigenvalue weighted by molar-refractivity contribution is -0.0446. The predicted octanol–water partition coefficient (Wildman–Crippen LogP) is 12.5. The first-order valence-electron chi connectivity index (χ1n) is 19.5. The summed E-state index contributed by atoms with van der Waals surface area (Å²) in [6.45, 7) is 0. The fourth-order valence-corrected chi connectivity index (χ4v) is 13.2. The second-order valence-electron chi connectivity index (χ2n) is 16.2. The van der Waals surface area contributed by atoms with Gasteiger partial charge in [0.15, 0.2) is 0 Å². The number of hydrogen-bond donors (Lipinski definition) is 0. The zero-order chi connectivity index (χ0) is 36.0. The number of hydrogen-bond acceptors (Lipinski definition) is 3. The number of rotatable bonds is 5. The van der Waals surface area contributed by atoms with Crippen molar-refractivity contribution in [2.45, 2.75) is 47.3 Å². The predicted molar refractivity (Wildman–Crippen MR) is 219 cm³/mol. The molecule has 0 atom stereocenters. The summed E-state index contributed by atoms with van der Waals surface area (Å²) in [6.07, 6.45) is 6.18. The van der Waals surface area contributed by atoms with E-state index in [1.807, 2.05) is 24.3 Å². The van der Waals surface area contributed by atoms with Crippen molar-refractivity contribution in [2.24, 2.45) is 23.7 Å². The maximum Gasteiger partial charge on any atom is 0.207 e. The molecule has 1 spiro atoms. The van der Waals surface area contributed by atoms with Gasteiger partial charge in [0.1, 0.15) is 0 Å². The van der Waals surface area contributed by atoms with Gasteiger partial charge >= 0.3 is 0 Å². The molecule has 1 heterocycles. The SMILES string of the molecule is O=S1(=O)c2ccccc2C2(c3cc(-c4ccc(N(c5ccc(-c6ccccc6)cc5)c5ccc6ccccc6c5)cc4)ccc31)C1CC3CC(C1)CC2C3. The molecule has 7 aromatic rings. The highest BCUT2D eigenvalue weighted by molar-refractivity contribution is 7.91. The molecule has 54 heavy (non-hydrogen) atoms. The van der Waals surface area contributed by atoms with Crippen LogP contribution in [0.1, 0.15) is 43.2 Å². The molecule has 12 rings (SSSR count). The Balaban J connectivity index is 1.02. The Morgan fingerprint density at radius 1 is 0.426 bits per heavy atom. The summed E-state index contributed by atoms with van der Waals surface area (Å²) in [5, 5.41) is 2.41. The zero-order valence-corrected chi connectivity index (χ0v) is 30.9. The minimum atomic E-state index is -3.63. The van der Waals surface area contributed by atoms with Crippen LogP contribution in [0.4, 0.5) is 17.1 Å². The van der Waals surface area contributed by atoms with Crippen LogP contribution in [-0.2, 0) is 15.3 Å². The van der Waals surface area contributed by atoms with E-state index in [0.29, 0.717) is 21.6 Å². The lowest BCUT2D eigenvalue weighted by Gasteiger charge is -2.63. The maximum atomic E-state index is 14.3. The molecule has 3 nitrogen and oxygen atoms in total. The van der Waals surface area contributed by atoms with Gasteiger partial charge in [0.2, 0.25) is 9.84 Å². The van der Waals surface area contributed by atoms with Crippen molar-refractivity contribution in [2.75, 3.05) is 4.90 Å². The summed E-state index contributed by atoms with van der Waals surface area (Å²) in [5.74, 6) is 2.52. The van der Waals surface area contributed by atoms with Gasteiger partial charge in [-0.05, 0) is 155 Å². The number of nitrogens with zero attached hydrogens (tertiary/aromatic N) is 1. The molecule has 1 aliphatic heterocycles. The Labute approximate surface area is 317 Å². The van der Waals surface area contributed by atoms with E-state index in [2.05, 4.69) is 144 Å². The largest absolute Gasteiger partial charge is 0.310 e. The summed E-state index contributed by atoms with van der Waals surface area (Å²) in [7, 11) is -3.63. The number of sulfone groups is 1. The summed E-state index contributed by atoms with van der Waals surface area (Å²) >= 11 is 0. The average Bonchev–Trinajstić information content (AvgIpc) is 3.21. The third-order valence-corrected chi connectivity index (χ3v) is 15.3. The molecule has 4 aliphatic carbocycles. The summed E-state index contributed by atoms with van der Waals surface area (Å²) in [5.41, 5.74) is 9.64. The van der Waals surface area contributed by atoms with Crippen LogP contribution < -0.4 is 4.90 Å². The van der Waals surface area contributed by atoms with Crippen molar-refractivity contribution in [3.05, 3.63) is 175 Å². The monoisotopic (exact) mass is 719 g/mol. The lowest BCUT2D eigenvalue weighted by atomic mass is 9.42. The third-order valence-electron chi connectivity index (χ3n) is 13.4. The van der Waals surface area contributed by atoms with E-state index in [0.717, 1.165) is 51.2 Å². The van der Waals surface area contributed by atoms with Gasteiger partial charge < -0.3 is 4.90 Å². The highest BCUT2D eigenvalue weighted by Gasteiger charge is 2.62. The Hall–Kier alpha value is -5.45. The van der Waals surface area contributed by atoms with E-state index in [-0.39, 0.29) is 5.41 Å². The Bertz CT molecular complexity index is 2650. The van der Waals surface area contributed by atoms with Crippen molar-refractivity contribution < 1.29 is 8.42 Å². The van der Waals surface area contributed by atoms with Crippen LogP contribution in [0.15, 0.2) is 174 Å². The highest BCUT2D eigenvalue weighted by atomic mass is 32.2. The van der Waals surface area contributed by atoms with E-state index >= 15 is 0 Å². The summed E-state index contributed by atoms with van der Waals surface area (Å²) < 4.78 is 28.7. The molecular weight excluding hydrogens is 679 g/mol. The quantitative estimate of drug-likeness (QED) is 0.178. The summed E-state index contributed by atoms with van der Waals surface area (Å²) in [4.78, 5) is 3.38. The molecule has 0 aromatic heterocycles. The first kappa shape index (κ1) is 32.0. The molecule has 4 heteroatoms. The van der Waals surface area contributed by atoms with Crippen LogP contribution in [-0.4, -0.2) is 8.42 Å². The molecule has 7 aromatic carbocycles. The van der Waals surface area contributed by atoms with Gasteiger partial charge in [0.05, 0.1) is 9.79 Å². The number of fused-ring (bicyclic) bond motifs is 3. The van der Waals surface area contributed by atoms with Crippen LogP contribution >= 0.6 is 0 Å². The van der Waals surface area contributed by atoms with Gasteiger partial charge in [0, 0.05) is 22.5 Å². The minimum Gasteiger partial charge on any atom is -0.310 e. The van der Waals surface area contributed by atoms with Crippen molar-refractivity contribution >= 4 is 37.7 Å². The van der Waals surface area contributed by atoms with E-state index in [4.69, 9.17) is 0 Å². The second-order valence-corrected chi connectivity index (χ2v) is 18.1. The molecular formula is C50H41NO2S. The molecule has 4 fully saturated rings. The van der Waals surface area contributed by atoms with Gasteiger partial charge in [-0.15, -0.1) is 0 Å². The van der Waals surface area contributed by atoms with Crippen molar-refractivity contribution in [3.8, 4) is 22.3 Å². The fraction of sp³-hybridized carbons (Fsp3) is 0.200. The molecule has 0 unspecified atom stereocenters. The molecule has 0 radical (unpaired) electrons. The standard InChI is InChI=1S/C50H41NO2S/c52-54(53)48-13-7-6-12-46(48)50(41-27-33-26-34(29-41)30-42(50)28-33)47-32-40(19-25-49(47)54)38-16-22-44(23-17-38)51(45-24-18-36-10-4-5-11-39(36)31-45)43-20-14-37(15-21-43)35-8-2-1-3-9-35/h1-25,31-34,41-42H,26-30H2. The highest BCUT2D eigenvalue weighted by Crippen LogP contribution is 2.68.